The molecule has 22 heteroatoms. The molecule has 8 aromatic carbocycles. The lowest BCUT2D eigenvalue weighted by Gasteiger charge is -2.71. The second kappa shape index (κ2) is 22.2. The van der Waals surface area contributed by atoms with Crippen LogP contribution in [0, 0.1) is 0 Å². The maximum Gasteiger partial charge on any atom is 0.266 e. The predicted octanol–water partition coefficient (Wildman–Crippen LogP) is 9.94. The molecule has 22 nitrogen and oxygen atoms in total. The summed E-state index contributed by atoms with van der Waals surface area (Å²) in [4.78, 5) is 222. The fourth-order valence-electron chi connectivity index (χ4n) is 20.5. The fraction of sp³-hybridized carbons (Fsp3) is 0.311. The molecule has 4 saturated carbocycles. The Labute approximate surface area is 635 Å². The molecule has 0 unspecified atom stereocenters. The largest absolute Gasteiger partial charge is 0.363 e. The van der Waals surface area contributed by atoms with Crippen molar-refractivity contribution in [2.24, 2.45) is 0 Å². The standard InChI is InChI=1S/C90H76N8O14/c1-83(2,3)47-13-21-51(22-14-47)91-37-45-29-55-56(30-46(45)38-91)76(106)95(75(55)105)87-39-88(96-77(107)63-31-57-58(32-64(63)78(96)108)70(100)92(69(57)99)52-23-15-48(16-24-52)84(4,5)6)42-89(40-87,97-79(109)65-33-59-60(34-66(65)80(97)110)72(102)93(71(59)101)53-25-17-49(18-26-53)85(7,8)9)44-90(41-87,43-88)98-81(111)67-35-61-62(36-68(67)82(98)112)74(104)94(73(61)103)54-27-19-50(20-28-54)86(10,11)12/h13-36H,37-44H2,1-12H3. The minimum atomic E-state index is -2.15. The first-order valence-corrected chi connectivity index (χ1v) is 37.8. The SMILES string of the molecule is CC(C)(C)c1ccc(N2Cc3cc4c(cc3C2)C(=O)N(C23CC5(n6c(=O)c7cc8c(=O)n(-c9ccc(C(C)(C)C)cc9)c(=O)c8cc7c6=O)CC(n6c(=O)c7cc8c(=O)n(-c9ccc(C(C)(C)C)cc9)c(=O)c8cc7c6=O)(C2)CC(n2c(=O)c6cc7c(=O)n(-c8ccc(C(C)(C)C)cc8)c(=O)c7cc6c2=O)(C3)C5)C4=O)cc1. The average molecular weight is 1490 g/mol. The van der Waals surface area contributed by atoms with E-state index >= 15 is 38.4 Å². The van der Waals surface area contributed by atoms with E-state index in [1.165, 1.54) is 36.4 Å². The van der Waals surface area contributed by atoms with Gasteiger partial charge in [0.05, 0.1) is 115 Å². The highest BCUT2D eigenvalue weighted by atomic mass is 16.2. The Hall–Kier alpha value is -12.5. The van der Waals surface area contributed by atoms with Crippen molar-refractivity contribution in [3.63, 3.8) is 0 Å². The molecular formula is C90H76N8O14. The van der Waals surface area contributed by atoms with Crippen LogP contribution in [-0.4, -0.2) is 49.7 Å². The molecule has 20 rings (SSSR count). The molecule has 2 amide bonds. The lowest BCUT2D eigenvalue weighted by Crippen LogP contribution is -2.79. The second-order valence-corrected chi connectivity index (χ2v) is 36.6. The highest BCUT2D eigenvalue weighted by Crippen LogP contribution is 2.69. The average Bonchev–Trinajstić information content (AvgIpc) is 1.24. The van der Waals surface area contributed by atoms with Gasteiger partial charge in [0.2, 0.25) is 0 Å². The van der Waals surface area contributed by atoms with Crippen molar-refractivity contribution < 1.29 is 9.59 Å². The maximum atomic E-state index is 16.3. The van der Waals surface area contributed by atoms with Gasteiger partial charge < -0.3 is 4.90 Å². The zero-order chi connectivity index (χ0) is 79.2. The number of anilines is 1. The van der Waals surface area contributed by atoms with Crippen molar-refractivity contribution in [3.8, 4) is 17.1 Å². The zero-order valence-electron chi connectivity index (χ0n) is 63.8. The Morgan fingerprint density at radius 2 is 0.438 bits per heavy atom. The Morgan fingerprint density at radius 3 is 0.652 bits per heavy atom. The van der Waals surface area contributed by atoms with E-state index in [4.69, 9.17) is 0 Å². The van der Waals surface area contributed by atoms with Crippen LogP contribution in [0.3, 0.4) is 0 Å². The lowest BCUT2D eigenvalue weighted by molar-refractivity contribution is -0.176. The van der Waals surface area contributed by atoms with Crippen molar-refractivity contribution in [2.75, 3.05) is 4.90 Å². The van der Waals surface area contributed by atoms with Crippen molar-refractivity contribution in [1.82, 2.24) is 32.3 Å². The number of aromatic nitrogens is 6. The minimum absolute atomic E-state index is 0.00196. The third-order valence-corrected chi connectivity index (χ3v) is 25.5. The van der Waals surface area contributed by atoms with Crippen molar-refractivity contribution in [2.45, 2.75) is 179 Å². The molecule has 112 heavy (non-hydrogen) atoms. The number of carbonyl (C=O) groups is 2. The molecule has 0 N–H and O–H groups in total. The molecule has 4 bridgehead atoms. The summed E-state index contributed by atoms with van der Waals surface area (Å²) in [5.74, 6) is -1.65. The Kier molecular flexibility index (Phi) is 13.9. The first-order valence-electron chi connectivity index (χ1n) is 37.8. The molecular weight excluding hydrogens is 1420 g/mol. The van der Waals surface area contributed by atoms with Gasteiger partial charge in [-0.3, -0.25) is 85.7 Å². The van der Waals surface area contributed by atoms with Crippen LogP contribution < -0.4 is 71.6 Å². The van der Waals surface area contributed by atoms with Gasteiger partial charge in [-0.05, 0) is 191 Å². The number of hydrogen-bond donors (Lipinski definition) is 0. The van der Waals surface area contributed by atoms with Gasteiger partial charge in [-0.1, -0.05) is 132 Å². The van der Waals surface area contributed by atoms with Gasteiger partial charge >= 0.3 is 0 Å². The van der Waals surface area contributed by atoms with E-state index in [2.05, 4.69) is 37.8 Å². The summed E-state index contributed by atoms with van der Waals surface area (Å²) < 4.78 is 5.66. The number of benzene rings is 8. The van der Waals surface area contributed by atoms with Crippen LogP contribution in [0.15, 0.2) is 203 Å². The van der Waals surface area contributed by atoms with Crippen LogP contribution in [0.2, 0.25) is 0 Å². The number of nitrogens with zero attached hydrogens (tertiary/aromatic N) is 8. The molecule has 6 aromatic heterocycles. The summed E-state index contributed by atoms with van der Waals surface area (Å²) in [5.41, 5.74) is -13.4. The first-order chi connectivity index (χ1) is 52.7. The Balaban J connectivity index is 0.849. The number of carbonyl (C=O) groups excluding carboxylic acids is 2. The highest BCUT2D eigenvalue weighted by molar-refractivity contribution is 6.22. The van der Waals surface area contributed by atoms with E-state index in [0.717, 1.165) is 71.4 Å². The molecule has 0 spiro atoms. The summed E-state index contributed by atoms with van der Waals surface area (Å²) in [6, 6.07) is 39.2. The van der Waals surface area contributed by atoms with Crippen LogP contribution in [0.4, 0.5) is 5.69 Å². The predicted molar refractivity (Wildman–Crippen MR) is 431 cm³/mol. The van der Waals surface area contributed by atoms with Crippen molar-refractivity contribution in [1.29, 1.82) is 0 Å². The number of rotatable bonds is 8. The van der Waals surface area contributed by atoms with E-state index in [-0.39, 0.29) is 114 Å². The highest BCUT2D eigenvalue weighted by Gasteiger charge is 2.75. The van der Waals surface area contributed by atoms with Crippen LogP contribution in [0.25, 0.3) is 81.7 Å². The molecule has 6 aliphatic rings. The number of imide groups is 1. The Bertz CT molecular complexity index is 6530. The van der Waals surface area contributed by atoms with E-state index < -0.39 is 139 Å². The normalized spacial score (nSPS) is 20.6. The molecule has 560 valence electrons. The molecule has 4 fully saturated rings. The van der Waals surface area contributed by atoms with Gasteiger partial charge in [0, 0.05) is 18.8 Å². The summed E-state index contributed by atoms with van der Waals surface area (Å²) >= 11 is 0. The number of amides is 2. The monoisotopic (exact) mass is 1490 g/mol. The molecule has 2 aliphatic heterocycles. The van der Waals surface area contributed by atoms with Crippen LogP contribution in [0.1, 0.15) is 176 Å². The van der Waals surface area contributed by atoms with Gasteiger partial charge in [0.25, 0.3) is 78.5 Å². The van der Waals surface area contributed by atoms with Crippen LogP contribution >= 0.6 is 0 Å². The molecule has 4 aliphatic carbocycles. The summed E-state index contributed by atoms with van der Waals surface area (Å²) in [6.45, 7) is 25.1. The fourth-order valence-corrected chi connectivity index (χ4v) is 20.5. The van der Waals surface area contributed by atoms with Crippen molar-refractivity contribution >= 4 is 82.1 Å². The summed E-state index contributed by atoms with van der Waals surface area (Å²) in [7, 11) is 0. The van der Waals surface area contributed by atoms with E-state index in [9.17, 15) is 28.8 Å². The maximum absolute atomic E-state index is 16.3. The molecule has 0 radical (unpaired) electrons. The lowest BCUT2D eigenvalue weighted by atomic mass is 9.43. The van der Waals surface area contributed by atoms with Gasteiger partial charge in [-0.2, -0.15) is 0 Å². The Morgan fingerprint density at radius 1 is 0.241 bits per heavy atom. The first kappa shape index (κ1) is 70.0. The zero-order valence-corrected chi connectivity index (χ0v) is 63.8. The molecule has 0 saturated heterocycles. The van der Waals surface area contributed by atoms with E-state index in [1.807, 2.05) is 74.4 Å². The van der Waals surface area contributed by atoms with Gasteiger partial charge in [0.15, 0.2) is 0 Å². The third-order valence-electron chi connectivity index (χ3n) is 25.5. The van der Waals surface area contributed by atoms with Crippen molar-refractivity contribution in [3.05, 3.63) is 314 Å². The number of hydrogen-bond acceptors (Lipinski definition) is 15. The molecule has 0 atom stereocenters. The minimum Gasteiger partial charge on any atom is -0.363 e. The topological polar surface area (TPSA) is 275 Å². The third kappa shape index (κ3) is 9.37. The van der Waals surface area contributed by atoms with Gasteiger partial charge in [0.1, 0.15) is 0 Å². The van der Waals surface area contributed by atoms with E-state index in [0.29, 0.717) is 13.1 Å². The van der Waals surface area contributed by atoms with Crippen LogP contribution in [0.5, 0.6) is 0 Å². The quantitative estimate of drug-likeness (QED) is 0.128. The molecule has 8 heterocycles. The molecule has 14 aromatic rings. The van der Waals surface area contributed by atoms with Gasteiger partial charge in [-0.15, -0.1) is 0 Å². The van der Waals surface area contributed by atoms with E-state index in [1.54, 1.807) is 84.9 Å². The second-order valence-electron chi connectivity index (χ2n) is 36.6. The summed E-state index contributed by atoms with van der Waals surface area (Å²) in [5, 5.41) is -3.09. The smallest absolute Gasteiger partial charge is 0.266 e. The van der Waals surface area contributed by atoms with Gasteiger partial charge in [-0.25, -0.2) is 13.7 Å². The van der Waals surface area contributed by atoms with Crippen LogP contribution in [-0.2, 0) is 51.4 Å². The number of fused-ring (bicyclic) bond motifs is 8. The summed E-state index contributed by atoms with van der Waals surface area (Å²) in [6.07, 6.45) is -2.92.